The first kappa shape index (κ1) is 22.7. The fraction of sp³-hybridized carbons (Fsp3) is 0.636. The molecule has 0 radical (unpaired) electrons. The van der Waals surface area contributed by atoms with Crippen LogP contribution in [0.3, 0.4) is 0 Å². The van der Waals surface area contributed by atoms with Crippen LogP contribution in [0.15, 0.2) is 35.2 Å². The number of hydrogen-bond acceptors (Lipinski definition) is 4. The molecular formula is C22H33N3O4S. The SMILES string of the molecule is CC1CC2CC(C[C@@](C)(C(N)=O)C2)C1NC(=O)C(C)(C)NS(=O)(=O)c1ccccc1. The van der Waals surface area contributed by atoms with E-state index in [0.29, 0.717) is 12.3 Å². The van der Waals surface area contributed by atoms with Gasteiger partial charge < -0.3 is 11.1 Å². The molecule has 30 heavy (non-hydrogen) atoms. The molecule has 5 atom stereocenters. The molecule has 0 saturated heterocycles. The molecule has 0 aromatic heterocycles. The highest BCUT2D eigenvalue weighted by molar-refractivity contribution is 7.89. The number of fused-ring (bicyclic) bond motifs is 2. The molecule has 1 aromatic carbocycles. The molecule has 2 saturated carbocycles. The van der Waals surface area contributed by atoms with Crippen molar-refractivity contribution in [2.45, 2.75) is 69.9 Å². The number of amides is 2. The van der Waals surface area contributed by atoms with E-state index < -0.39 is 21.0 Å². The van der Waals surface area contributed by atoms with Gasteiger partial charge in [-0.2, -0.15) is 4.72 Å². The number of nitrogens with one attached hydrogen (secondary N) is 2. The van der Waals surface area contributed by atoms with Crippen molar-refractivity contribution in [2.24, 2.45) is 28.9 Å². The number of hydrogen-bond donors (Lipinski definition) is 3. The Balaban J connectivity index is 1.74. The highest BCUT2D eigenvalue weighted by Crippen LogP contribution is 2.50. The average Bonchev–Trinajstić information content (AvgIpc) is 2.64. The van der Waals surface area contributed by atoms with Crippen LogP contribution in [0.5, 0.6) is 0 Å². The smallest absolute Gasteiger partial charge is 0.241 e. The van der Waals surface area contributed by atoms with E-state index in [4.69, 9.17) is 5.73 Å². The van der Waals surface area contributed by atoms with Gasteiger partial charge in [-0.05, 0) is 69.4 Å². The number of benzene rings is 1. The predicted octanol–water partition coefficient (Wildman–Crippen LogP) is 2.18. The van der Waals surface area contributed by atoms with Crippen molar-refractivity contribution < 1.29 is 18.0 Å². The van der Waals surface area contributed by atoms with Gasteiger partial charge in [-0.1, -0.05) is 32.0 Å². The van der Waals surface area contributed by atoms with Crippen LogP contribution >= 0.6 is 0 Å². The second-order valence-corrected chi connectivity index (χ2v) is 11.6. The van der Waals surface area contributed by atoms with Crippen molar-refractivity contribution >= 4 is 21.8 Å². The summed E-state index contributed by atoms with van der Waals surface area (Å²) >= 11 is 0. The number of sulfonamides is 1. The van der Waals surface area contributed by atoms with Crippen LogP contribution in [0.25, 0.3) is 0 Å². The minimum Gasteiger partial charge on any atom is -0.369 e. The van der Waals surface area contributed by atoms with Gasteiger partial charge in [0.2, 0.25) is 21.8 Å². The van der Waals surface area contributed by atoms with Crippen molar-refractivity contribution in [1.29, 1.82) is 0 Å². The molecule has 2 aliphatic carbocycles. The molecule has 3 rings (SSSR count). The summed E-state index contributed by atoms with van der Waals surface area (Å²) in [6.07, 6.45) is 3.31. The Kier molecular flexibility index (Phi) is 6.04. The Labute approximate surface area is 179 Å². The molecule has 4 unspecified atom stereocenters. The molecule has 0 spiro atoms. The number of rotatable bonds is 6. The lowest BCUT2D eigenvalue weighted by Gasteiger charge is -2.50. The van der Waals surface area contributed by atoms with Crippen LogP contribution in [-0.4, -0.2) is 31.8 Å². The monoisotopic (exact) mass is 435 g/mol. The quantitative estimate of drug-likeness (QED) is 0.634. The van der Waals surface area contributed by atoms with Crippen LogP contribution in [0, 0.1) is 23.2 Å². The lowest BCUT2D eigenvalue weighted by atomic mass is 9.57. The summed E-state index contributed by atoms with van der Waals surface area (Å²) in [5.74, 6) is 0.164. The maximum Gasteiger partial charge on any atom is 0.241 e. The van der Waals surface area contributed by atoms with Crippen LogP contribution in [-0.2, 0) is 19.6 Å². The molecule has 2 amide bonds. The minimum atomic E-state index is -3.84. The number of carbonyl (C=O) groups is 2. The van der Waals surface area contributed by atoms with E-state index in [0.717, 1.165) is 19.3 Å². The van der Waals surface area contributed by atoms with Crippen LogP contribution < -0.4 is 15.8 Å². The normalized spacial score (nSPS) is 31.7. The molecule has 0 heterocycles. The molecule has 2 fully saturated rings. The van der Waals surface area contributed by atoms with Crippen LogP contribution in [0.4, 0.5) is 0 Å². The number of primary amides is 1. The topological polar surface area (TPSA) is 118 Å². The molecule has 2 aliphatic rings. The van der Waals surface area contributed by atoms with Gasteiger partial charge in [0.25, 0.3) is 0 Å². The Bertz CT molecular complexity index is 914. The first-order valence-electron chi connectivity index (χ1n) is 10.5. The summed E-state index contributed by atoms with van der Waals surface area (Å²) in [5.41, 5.74) is 3.80. The van der Waals surface area contributed by atoms with Gasteiger partial charge in [-0.3, -0.25) is 9.59 Å². The molecule has 166 valence electrons. The fourth-order valence-corrected chi connectivity index (χ4v) is 6.72. The van der Waals surface area contributed by atoms with Crippen molar-refractivity contribution in [1.82, 2.24) is 10.0 Å². The van der Waals surface area contributed by atoms with Gasteiger partial charge in [0.1, 0.15) is 5.54 Å². The first-order chi connectivity index (χ1) is 13.8. The zero-order valence-electron chi connectivity index (χ0n) is 18.1. The number of carbonyl (C=O) groups excluding carboxylic acids is 2. The molecule has 8 heteroatoms. The van der Waals surface area contributed by atoms with Gasteiger partial charge in [0.05, 0.1) is 4.90 Å². The maximum atomic E-state index is 13.1. The highest BCUT2D eigenvalue weighted by Gasteiger charge is 2.49. The van der Waals surface area contributed by atoms with Crippen molar-refractivity contribution in [3.05, 3.63) is 30.3 Å². The van der Waals surface area contributed by atoms with Crippen LogP contribution in [0.2, 0.25) is 0 Å². The summed E-state index contributed by atoms with van der Waals surface area (Å²) in [4.78, 5) is 25.3. The third-order valence-electron chi connectivity index (χ3n) is 6.82. The molecule has 4 N–H and O–H groups in total. The summed E-state index contributed by atoms with van der Waals surface area (Å²) in [6.45, 7) is 7.15. The minimum absolute atomic E-state index is 0.115. The second-order valence-electron chi connectivity index (χ2n) is 9.95. The van der Waals surface area contributed by atoms with E-state index >= 15 is 0 Å². The Hall–Kier alpha value is -1.93. The summed E-state index contributed by atoms with van der Waals surface area (Å²) in [5, 5.41) is 3.10. The van der Waals surface area contributed by atoms with Gasteiger partial charge >= 0.3 is 0 Å². The lowest BCUT2D eigenvalue weighted by Crippen LogP contribution is -2.61. The Morgan fingerprint density at radius 3 is 2.37 bits per heavy atom. The van der Waals surface area contributed by atoms with E-state index in [9.17, 15) is 18.0 Å². The largest absolute Gasteiger partial charge is 0.369 e. The Morgan fingerprint density at radius 2 is 1.77 bits per heavy atom. The molecular weight excluding hydrogens is 402 g/mol. The average molecular weight is 436 g/mol. The molecule has 0 aliphatic heterocycles. The Morgan fingerprint density at radius 1 is 1.13 bits per heavy atom. The zero-order chi connectivity index (χ0) is 22.3. The van der Waals surface area contributed by atoms with Gasteiger partial charge in [-0.15, -0.1) is 0 Å². The number of nitrogens with two attached hydrogens (primary N) is 1. The molecule has 2 bridgehead atoms. The van der Waals surface area contributed by atoms with Crippen molar-refractivity contribution in [3.8, 4) is 0 Å². The third-order valence-corrected chi connectivity index (χ3v) is 8.49. The van der Waals surface area contributed by atoms with Gasteiger partial charge in [0, 0.05) is 11.5 Å². The summed E-state index contributed by atoms with van der Waals surface area (Å²) in [6, 6.07) is 7.88. The van der Waals surface area contributed by atoms with E-state index in [-0.39, 0.29) is 34.6 Å². The van der Waals surface area contributed by atoms with Gasteiger partial charge in [0.15, 0.2) is 0 Å². The standard InChI is InChI=1S/C22H33N3O4S/c1-14-10-15-11-16(13-22(4,12-15)19(23)26)18(14)24-20(27)21(2,3)25-30(28,29)17-8-6-5-7-9-17/h5-9,14-16,18,25H,10-13H2,1-4H3,(H2,23,26)(H,24,27)/t14?,15?,16?,18?,22-/m0/s1. The predicted molar refractivity (Wildman–Crippen MR) is 115 cm³/mol. The van der Waals surface area contributed by atoms with Crippen LogP contribution in [0.1, 0.15) is 53.4 Å². The van der Waals surface area contributed by atoms with Gasteiger partial charge in [-0.25, -0.2) is 8.42 Å². The highest BCUT2D eigenvalue weighted by atomic mass is 32.2. The van der Waals surface area contributed by atoms with E-state index in [2.05, 4.69) is 17.0 Å². The first-order valence-corrected chi connectivity index (χ1v) is 12.0. The van der Waals surface area contributed by atoms with E-state index in [1.54, 1.807) is 32.0 Å². The fourth-order valence-electron chi connectivity index (χ4n) is 5.32. The summed E-state index contributed by atoms with van der Waals surface area (Å²) < 4.78 is 27.9. The lowest BCUT2D eigenvalue weighted by molar-refractivity contribution is -0.134. The summed E-state index contributed by atoms with van der Waals surface area (Å²) in [7, 11) is -3.84. The molecule has 7 nitrogen and oxygen atoms in total. The zero-order valence-corrected chi connectivity index (χ0v) is 19.0. The maximum absolute atomic E-state index is 13.1. The third kappa shape index (κ3) is 4.54. The van der Waals surface area contributed by atoms with Crippen molar-refractivity contribution in [2.75, 3.05) is 0 Å². The molecule has 1 aromatic rings. The van der Waals surface area contributed by atoms with E-state index in [1.807, 2.05) is 6.92 Å². The second kappa shape index (κ2) is 7.96. The van der Waals surface area contributed by atoms with Crippen molar-refractivity contribution in [3.63, 3.8) is 0 Å². The van der Waals surface area contributed by atoms with E-state index in [1.165, 1.54) is 12.1 Å².